The average Bonchev–Trinajstić information content (AvgIpc) is 3.02. The molecular formula is C14H18N4O. The van der Waals surface area contributed by atoms with Crippen LogP contribution in [0.3, 0.4) is 0 Å². The fourth-order valence-electron chi connectivity index (χ4n) is 2.69. The van der Waals surface area contributed by atoms with E-state index in [0.29, 0.717) is 0 Å². The Bertz CT molecular complexity index is 499. The van der Waals surface area contributed by atoms with Crippen molar-refractivity contribution in [2.45, 2.75) is 19.1 Å². The number of rotatable bonds is 4. The quantitative estimate of drug-likeness (QED) is 0.853. The Balaban J connectivity index is 1.59. The van der Waals surface area contributed by atoms with Crippen LogP contribution in [0.5, 0.6) is 0 Å². The molecule has 5 heteroatoms. The summed E-state index contributed by atoms with van der Waals surface area (Å²) in [5.41, 5.74) is 1.24. The van der Waals surface area contributed by atoms with Gasteiger partial charge in [-0.1, -0.05) is 0 Å². The third-order valence-corrected chi connectivity index (χ3v) is 3.66. The molecule has 0 radical (unpaired) electrons. The Kier molecular flexibility index (Phi) is 3.57. The summed E-state index contributed by atoms with van der Waals surface area (Å²) in [6.07, 6.45) is 7.84. The Labute approximate surface area is 112 Å². The Morgan fingerprint density at radius 2 is 2.11 bits per heavy atom. The van der Waals surface area contributed by atoms with Gasteiger partial charge in [0.05, 0.1) is 12.6 Å². The molecule has 0 unspecified atom stereocenters. The van der Waals surface area contributed by atoms with Gasteiger partial charge in [-0.2, -0.15) is 0 Å². The van der Waals surface area contributed by atoms with Gasteiger partial charge in [0.25, 0.3) is 0 Å². The number of H-pyrrole nitrogens is 1. The van der Waals surface area contributed by atoms with E-state index < -0.39 is 0 Å². The second-order valence-corrected chi connectivity index (χ2v) is 5.12. The number of pyridine rings is 1. The number of nitrogens with one attached hydrogen (secondary N) is 1. The normalized spacial score (nSPS) is 23.8. The maximum Gasteiger partial charge on any atom is 0.120 e. The number of aliphatic hydroxyl groups is 1. The van der Waals surface area contributed by atoms with E-state index in [4.69, 9.17) is 0 Å². The highest BCUT2D eigenvalue weighted by Gasteiger charge is 2.31. The number of nitrogens with zero attached hydrogens (tertiary/aromatic N) is 3. The second-order valence-electron chi connectivity index (χ2n) is 5.12. The van der Waals surface area contributed by atoms with Gasteiger partial charge in [0.1, 0.15) is 5.82 Å². The Morgan fingerprint density at radius 1 is 1.26 bits per heavy atom. The zero-order valence-corrected chi connectivity index (χ0v) is 10.7. The van der Waals surface area contributed by atoms with Gasteiger partial charge in [-0.15, -0.1) is 0 Å². The van der Waals surface area contributed by atoms with Gasteiger partial charge in [0.2, 0.25) is 0 Å². The molecule has 2 aromatic heterocycles. The lowest BCUT2D eigenvalue weighted by atomic mass is 9.97. The number of aromatic nitrogens is 3. The monoisotopic (exact) mass is 258 g/mol. The Hall–Kier alpha value is -1.72. The molecule has 3 rings (SSSR count). The van der Waals surface area contributed by atoms with Crippen LogP contribution in [0.1, 0.15) is 11.4 Å². The van der Waals surface area contributed by atoms with Gasteiger partial charge < -0.3 is 10.1 Å². The van der Waals surface area contributed by atoms with Gasteiger partial charge in [-0.25, -0.2) is 4.98 Å². The van der Waals surface area contributed by atoms with Crippen LogP contribution in [-0.2, 0) is 13.0 Å². The molecule has 2 aromatic rings. The lowest BCUT2D eigenvalue weighted by Gasteiger charge is -2.14. The zero-order chi connectivity index (χ0) is 13.1. The van der Waals surface area contributed by atoms with Crippen LogP contribution in [0.15, 0.2) is 36.9 Å². The molecule has 0 saturated carbocycles. The standard InChI is InChI=1S/C14H18N4O/c19-13-9-18(10-14-16-5-6-17-14)8-12(13)7-11-1-3-15-4-2-11/h1-6,12-13,19H,7-10H2,(H,16,17)/t12-,13-/m1/s1. The first-order valence-electron chi connectivity index (χ1n) is 6.59. The average molecular weight is 258 g/mol. The number of imidazole rings is 1. The number of aromatic amines is 1. The fraction of sp³-hybridized carbons (Fsp3) is 0.429. The lowest BCUT2D eigenvalue weighted by molar-refractivity contribution is 0.141. The van der Waals surface area contributed by atoms with Gasteiger partial charge in [-0.3, -0.25) is 9.88 Å². The van der Waals surface area contributed by atoms with Crippen LogP contribution in [-0.4, -0.2) is 44.2 Å². The lowest BCUT2D eigenvalue weighted by Crippen LogP contribution is -2.22. The predicted molar refractivity (Wildman–Crippen MR) is 71.3 cm³/mol. The zero-order valence-electron chi connectivity index (χ0n) is 10.7. The molecule has 1 saturated heterocycles. The van der Waals surface area contributed by atoms with Crippen molar-refractivity contribution in [2.24, 2.45) is 5.92 Å². The van der Waals surface area contributed by atoms with E-state index in [1.807, 2.05) is 18.3 Å². The first-order valence-corrected chi connectivity index (χ1v) is 6.59. The maximum atomic E-state index is 10.2. The van der Waals surface area contributed by atoms with Crippen LogP contribution in [0, 0.1) is 5.92 Å². The van der Waals surface area contributed by atoms with Crippen molar-refractivity contribution < 1.29 is 5.11 Å². The van der Waals surface area contributed by atoms with E-state index in [0.717, 1.165) is 31.9 Å². The minimum atomic E-state index is -0.261. The van der Waals surface area contributed by atoms with Crippen molar-refractivity contribution in [2.75, 3.05) is 13.1 Å². The molecule has 5 nitrogen and oxygen atoms in total. The molecule has 3 heterocycles. The highest BCUT2D eigenvalue weighted by atomic mass is 16.3. The first-order chi connectivity index (χ1) is 9.31. The smallest absolute Gasteiger partial charge is 0.120 e. The van der Waals surface area contributed by atoms with Crippen LogP contribution in [0.4, 0.5) is 0 Å². The van der Waals surface area contributed by atoms with Gasteiger partial charge in [0.15, 0.2) is 0 Å². The number of hydrogen-bond donors (Lipinski definition) is 2. The molecule has 2 atom stereocenters. The number of likely N-dealkylation sites (tertiary alicyclic amines) is 1. The van der Waals surface area contributed by atoms with E-state index in [2.05, 4.69) is 19.9 Å². The molecule has 0 bridgehead atoms. The van der Waals surface area contributed by atoms with Crippen LogP contribution in [0.25, 0.3) is 0 Å². The molecular weight excluding hydrogens is 240 g/mol. The van der Waals surface area contributed by atoms with Crippen molar-refractivity contribution in [3.05, 3.63) is 48.3 Å². The summed E-state index contributed by atoms with van der Waals surface area (Å²) in [5.74, 6) is 1.24. The molecule has 0 spiro atoms. The van der Waals surface area contributed by atoms with Crippen LogP contribution >= 0.6 is 0 Å². The van der Waals surface area contributed by atoms with E-state index in [1.54, 1.807) is 18.6 Å². The number of β-amino-alcohol motifs (C(OH)–C–C–N with tert-alkyl or cyclic N) is 1. The van der Waals surface area contributed by atoms with Crippen LogP contribution < -0.4 is 0 Å². The molecule has 1 aliphatic heterocycles. The largest absolute Gasteiger partial charge is 0.391 e. The van der Waals surface area contributed by atoms with Crippen molar-refractivity contribution >= 4 is 0 Å². The minimum Gasteiger partial charge on any atom is -0.391 e. The number of hydrogen-bond acceptors (Lipinski definition) is 4. The fourth-order valence-corrected chi connectivity index (χ4v) is 2.69. The van der Waals surface area contributed by atoms with Gasteiger partial charge >= 0.3 is 0 Å². The molecule has 2 N–H and O–H groups in total. The molecule has 1 aliphatic rings. The maximum absolute atomic E-state index is 10.2. The van der Waals surface area contributed by atoms with E-state index in [9.17, 15) is 5.11 Å². The molecule has 1 fully saturated rings. The highest BCUT2D eigenvalue weighted by molar-refractivity contribution is 5.11. The van der Waals surface area contributed by atoms with Crippen molar-refractivity contribution in [1.82, 2.24) is 19.9 Å². The summed E-state index contributed by atoms with van der Waals surface area (Å²) >= 11 is 0. The summed E-state index contributed by atoms with van der Waals surface area (Å²) in [5, 5.41) is 10.2. The minimum absolute atomic E-state index is 0.261. The Morgan fingerprint density at radius 3 is 2.84 bits per heavy atom. The summed E-state index contributed by atoms with van der Waals surface area (Å²) < 4.78 is 0. The second kappa shape index (κ2) is 5.50. The third-order valence-electron chi connectivity index (χ3n) is 3.66. The van der Waals surface area contributed by atoms with E-state index in [1.165, 1.54) is 5.56 Å². The highest BCUT2D eigenvalue weighted by Crippen LogP contribution is 2.22. The molecule has 0 aromatic carbocycles. The summed E-state index contributed by atoms with van der Waals surface area (Å²) in [6, 6.07) is 4.03. The van der Waals surface area contributed by atoms with E-state index >= 15 is 0 Å². The van der Waals surface area contributed by atoms with E-state index in [-0.39, 0.29) is 12.0 Å². The summed E-state index contributed by atoms with van der Waals surface area (Å²) in [7, 11) is 0. The molecule has 0 aliphatic carbocycles. The van der Waals surface area contributed by atoms with Crippen molar-refractivity contribution in [3.63, 3.8) is 0 Å². The van der Waals surface area contributed by atoms with Crippen molar-refractivity contribution in [1.29, 1.82) is 0 Å². The summed E-state index contributed by atoms with van der Waals surface area (Å²) in [4.78, 5) is 13.6. The third kappa shape index (κ3) is 3.00. The van der Waals surface area contributed by atoms with Crippen LogP contribution in [0.2, 0.25) is 0 Å². The summed E-state index contributed by atoms with van der Waals surface area (Å²) in [6.45, 7) is 2.40. The first kappa shape index (κ1) is 12.3. The number of aliphatic hydroxyl groups excluding tert-OH is 1. The predicted octanol–water partition coefficient (Wildman–Crippen LogP) is 0.840. The topological polar surface area (TPSA) is 65.0 Å². The SMILES string of the molecule is O[C@@H]1CN(Cc2ncc[nH]2)C[C@H]1Cc1ccncc1. The molecule has 100 valence electrons. The van der Waals surface area contributed by atoms with Gasteiger partial charge in [0, 0.05) is 43.8 Å². The molecule has 0 amide bonds. The van der Waals surface area contributed by atoms with Crippen molar-refractivity contribution in [3.8, 4) is 0 Å². The molecule has 19 heavy (non-hydrogen) atoms. The van der Waals surface area contributed by atoms with Gasteiger partial charge in [-0.05, 0) is 24.1 Å².